The number of furan rings is 1. The van der Waals surface area contributed by atoms with Crippen molar-refractivity contribution in [2.45, 2.75) is 85.5 Å². The third-order valence-corrected chi connectivity index (χ3v) is 13.4. The molecule has 0 bridgehead atoms. The molecule has 0 radical (unpaired) electrons. The number of hydrogen-bond donors (Lipinski definition) is 0. The van der Waals surface area contributed by atoms with Gasteiger partial charge in [0.05, 0.1) is 16.8 Å². The molecular weight excluding hydrogens is 699 g/mol. The average Bonchev–Trinajstić information content (AvgIpc) is 3.72. The van der Waals surface area contributed by atoms with E-state index >= 15 is 0 Å². The van der Waals surface area contributed by atoms with Crippen molar-refractivity contribution in [3.63, 3.8) is 0 Å². The first-order valence-corrected chi connectivity index (χ1v) is 20.9. The predicted octanol–water partition coefficient (Wildman–Crippen LogP) is 13.1. The van der Waals surface area contributed by atoms with Gasteiger partial charge in [-0.3, -0.25) is 0 Å². The lowest BCUT2D eigenvalue weighted by Gasteiger charge is -2.43. The van der Waals surface area contributed by atoms with Crippen molar-refractivity contribution in [2.75, 3.05) is 9.80 Å². The van der Waals surface area contributed by atoms with Gasteiger partial charge < -0.3 is 14.2 Å². The average molecular weight is 749 g/mol. The normalized spacial score (nSPS) is 14.1. The Morgan fingerprint density at radius 1 is 0.536 bits per heavy atom. The molecule has 0 fully saturated rings. The van der Waals surface area contributed by atoms with Crippen molar-refractivity contribution >= 4 is 99.9 Å². The van der Waals surface area contributed by atoms with Crippen LogP contribution in [0.25, 0.3) is 32.0 Å². The summed E-state index contributed by atoms with van der Waals surface area (Å²) in [5.74, 6) is 0. The van der Waals surface area contributed by atoms with E-state index in [1.165, 1.54) is 81.9 Å². The van der Waals surface area contributed by atoms with Crippen LogP contribution in [0, 0.1) is 6.92 Å². The molecule has 10 rings (SSSR count). The molecule has 278 valence electrons. The molecule has 5 heteroatoms. The van der Waals surface area contributed by atoms with Crippen LogP contribution in [0.5, 0.6) is 0 Å². The Bertz CT molecular complexity index is 2880. The van der Waals surface area contributed by atoms with Crippen LogP contribution in [-0.2, 0) is 16.2 Å². The molecule has 0 saturated heterocycles. The quantitative estimate of drug-likeness (QED) is 0.164. The van der Waals surface area contributed by atoms with Gasteiger partial charge in [0.25, 0.3) is 6.71 Å². The maximum Gasteiger partial charge on any atom is 0.264 e. The van der Waals surface area contributed by atoms with Gasteiger partial charge in [0.15, 0.2) is 0 Å². The number of benzene rings is 6. The van der Waals surface area contributed by atoms with Gasteiger partial charge in [-0.2, -0.15) is 0 Å². The van der Waals surface area contributed by atoms with Gasteiger partial charge in [-0.1, -0.05) is 117 Å². The van der Waals surface area contributed by atoms with Crippen LogP contribution in [0.1, 0.15) is 84.6 Å². The standard InChI is InChI=1S/C51H49BN2OS/c1-30-27-39-45-40(28-30)54(35-22-17-32(18-23-35)50(5,6)7)47-38(24-25-42-44(47)36-13-11-12-14-41(36)55-42)52(45)48-46(37-29-33(51(8,9)10)19-26-43(37)56-48)53(39)34-20-15-31(16-21-34)49(2,3)4/h11-29H,1-10H3. The molecule has 0 atom stereocenters. The Morgan fingerprint density at radius 2 is 1.09 bits per heavy atom. The third-order valence-electron chi connectivity index (χ3n) is 12.2. The molecule has 0 spiro atoms. The Hall–Kier alpha value is -5.26. The largest absolute Gasteiger partial charge is 0.456 e. The molecule has 0 saturated carbocycles. The molecule has 6 aromatic carbocycles. The summed E-state index contributed by atoms with van der Waals surface area (Å²) < 4.78 is 9.33. The first-order chi connectivity index (χ1) is 26.6. The van der Waals surface area contributed by atoms with Gasteiger partial charge >= 0.3 is 0 Å². The van der Waals surface area contributed by atoms with Gasteiger partial charge in [-0.15, -0.1) is 11.3 Å². The minimum Gasteiger partial charge on any atom is -0.456 e. The second-order valence-corrected chi connectivity index (χ2v) is 20.2. The lowest BCUT2D eigenvalue weighted by Crippen LogP contribution is -2.60. The maximum atomic E-state index is 6.62. The minimum absolute atomic E-state index is 0.0208. The first-order valence-electron chi connectivity index (χ1n) is 20.0. The second-order valence-electron chi connectivity index (χ2n) is 19.2. The van der Waals surface area contributed by atoms with Crippen molar-refractivity contribution in [2.24, 2.45) is 0 Å². The summed E-state index contributed by atoms with van der Waals surface area (Å²) in [6, 6.07) is 43.8. The zero-order valence-corrected chi connectivity index (χ0v) is 35.1. The molecule has 3 nitrogen and oxygen atoms in total. The SMILES string of the molecule is Cc1cc2c3c(c1)N(c1ccc(C(C)(C)C)cc1)c1c(ccc4oc5ccccc5c14)B3c1sc3ccc(C(C)(C)C)cc3c1N2c1ccc(C(C)(C)C)cc1. The topological polar surface area (TPSA) is 19.6 Å². The summed E-state index contributed by atoms with van der Waals surface area (Å²) in [6.45, 7) is 23.0. The van der Waals surface area contributed by atoms with Crippen LogP contribution in [-0.4, -0.2) is 6.71 Å². The fraction of sp³-hybridized carbons (Fsp3) is 0.255. The highest BCUT2D eigenvalue weighted by Crippen LogP contribution is 2.51. The zero-order valence-electron chi connectivity index (χ0n) is 34.3. The van der Waals surface area contributed by atoms with Gasteiger partial charge in [0, 0.05) is 43.0 Å². The fourth-order valence-corrected chi connectivity index (χ4v) is 10.4. The number of nitrogens with zero attached hydrogens (tertiary/aromatic N) is 2. The summed E-state index contributed by atoms with van der Waals surface area (Å²) in [4.78, 5) is 5.14. The second kappa shape index (κ2) is 11.9. The van der Waals surface area contributed by atoms with Crippen LogP contribution < -0.4 is 25.5 Å². The summed E-state index contributed by atoms with van der Waals surface area (Å²) in [6.07, 6.45) is 0. The van der Waals surface area contributed by atoms with Gasteiger partial charge in [0.2, 0.25) is 0 Å². The smallest absolute Gasteiger partial charge is 0.264 e. The van der Waals surface area contributed by atoms with Crippen LogP contribution in [0.2, 0.25) is 0 Å². The molecule has 0 amide bonds. The van der Waals surface area contributed by atoms with E-state index in [-0.39, 0.29) is 23.0 Å². The summed E-state index contributed by atoms with van der Waals surface area (Å²) >= 11 is 1.96. The molecular formula is C51H49BN2OS. The van der Waals surface area contributed by atoms with E-state index in [1.807, 2.05) is 11.3 Å². The van der Waals surface area contributed by atoms with E-state index < -0.39 is 0 Å². The molecule has 4 heterocycles. The number of aryl methyl sites for hydroxylation is 1. The maximum absolute atomic E-state index is 6.62. The number of hydrogen-bond acceptors (Lipinski definition) is 4. The van der Waals surface area contributed by atoms with Gasteiger partial charge in [-0.25, -0.2) is 0 Å². The van der Waals surface area contributed by atoms with Crippen molar-refractivity contribution in [3.8, 4) is 0 Å². The van der Waals surface area contributed by atoms with E-state index in [2.05, 4.69) is 194 Å². The van der Waals surface area contributed by atoms with Crippen molar-refractivity contribution in [3.05, 3.63) is 138 Å². The Labute approximate surface area is 335 Å². The van der Waals surface area contributed by atoms with E-state index in [0.29, 0.717) is 0 Å². The Balaban J connectivity index is 1.34. The number of para-hydroxylation sites is 1. The lowest BCUT2D eigenvalue weighted by atomic mass is 9.36. The van der Waals surface area contributed by atoms with Gasteiger partial charge in [0.1, 0.15) is 11.2 Å². The van der Waals surface area contributed by atoms with Crippen molar-refractivity contribution in [1.29, 1.82) is 0 Å². The first kappa shape index (κ1) is 35.2. The van der Waals surface area contributed by atoms with Crippen LogP contribution in [0.4, 0.5) is 34.1 Å². The van der Waals surface area contributed by atoms with Crippen LogP contribution in [0.15, 0.2) is 120 Å². The third kappa shape index (κ3) is 5.23. The van der Waals surface area contributed by atoms with Crippen LogP contribution >= 0.6 is 11.3 Å². The predicted molar refractivity (Wildman–Crippen MR) is 244 cm³/mol. The molecule has 0 unspecified atom stereocenters. The number of anilines is 6. The fourth-order valence-electron chi connectivity index (χ4n) is 9.14. The summed E-state index contributed by atoms with van der Waals surface area (Å²) in [7, 11) is 0. The van der Waals surface area contributed by atoms with E-state index in [0.717, 1.165) is 22.2 Å². The van der Waals surface area contributed by atoms with Crippen LogP contribution in [0.3, 0.4) is 0 Å². The number of thiophene rings is 1. The molecule has 56 heavy (non-hydrogen) atoms. The number of rotatable bonds is 2. The Kier molecular flexibility index (Phi) is 7.46. The molecule has 8 aromatic rings. The molecule has 2 aliphatic heterocycles. The molecule has 0 N–H and O–H groups in total. The summed E-state index contributed by atoms with van der Waals surface area (Å²) in [5.41, 5.74) is 17.2. The van der Waals surface area contributed by atoms with Crippen molar-refractivity contribution < 1.29 is 4.42 Å². The molecule has 2 aliphatic rings. The minimum atomic E-state index is 0.0208. The Morgan fingerprint density at radius 3 is 1.68 bits per heavy atom. The van der Waals surface area contributed by atoms with E-state index in [1.54, 1.807) is 0 Å². The summed E-state index contributed by atoms with van der Waals surface area (Å²) in [5, 5.41) is 3.64. The zero-order chi connectivity index (χ0) is 39.1. The lowest BCUT2D eigenvalue weighted by molar-refractivity contribution is 0.590. The molecule has 0 aliphatic carbocycles. The van der Waals surface area contributed by atoms with E-state index in [4.69, 9.17) is 4.42 Å². The highest BCUT2D eigenvalue weighted by Gasteiger charge is 2.46. The monoisotopic (exact) mass is 748 g/mol. The number of fused-ring (bicyclic) bond motifs is 10. The highest BCUT2D eigenvalue weighted by atomic mass is 32.1. The van der Waals surface area contributed by atoms with Crippen molar-refractivity contribution in [1.82, 2.24) is 0 Å². The highest BCUT2D eigenvalue weighted by molar-refractivity contribution is 7.33. The van der Waals surface area contributed by atoms with E-state index in [9.17, 15) is 0 Å². The van der Waals surface area contributed by atoms with Gasteiger partial charge in [-0.05, 0) is 117 Å². The molecule has 2 aromatic heterocycles.